The maximum absolute atomic E-state index is 12.1. The molecule has 0 radical (unpaired) electrons. The number of carbonyl (C=O) groups excluding carboxylic acids is 1. The van der Waals surface area contributed by atoms with Gasteiger partial charge in [-0.25, -0.2) is 0 Å². The van der Waals surface area contributed by atoms with Crippen LogP contribution in [0, 0.1) is 0 Å². The monoisotopic (exact) mass is 292 g/mol. The van der Waals surface area contributed by atoms with Crippen LogP contribution in [-0.4, -0.2) is 18.7 Å². The van der Waals surface area contributed by atoms with Crippen molar-refractivity contribution in [2.24, 2.45) is 5.73 Å². The summed E-state index contributed by atoms with van der Waals surface area (Å²) in [6.45, 7) is 4.38. The fourth-order valence-corrected chi connectivity index (χ4v) is 2.38. The molecule has 2 rings (SSSR count). The van der Waals surface area contributed by atoms with Crippen LogP contribution < -0.4 is 20.5 Å². The predicted octanol–water partition coefficient (Wildman–Crippen LogP) is 2.50. The van der Waals surface area contributed by atoms with Gasteiger partial charge in [-0.3, -0.25) is 4.79 Å². The van der Waals surface area contributed by atoms with Gasteiger partial charge < -0.3 is 20.5 Å². The van der Waals surface area contributed by atoms with Crippen molar-refractivity contribution in [3.05, 3.63) is 23.8 Å². The van der Waals surface area contributed by atoms with E-state index in [9.17, 15) is 4.79 Å². The molecule has 1 aliphatic heterocycles. The second kappa shape index (κ2) is 7.31. The second-order valence-electron chi connectivity index (χ2n) is 5.33. The Kier molecular flexibility index (Phi) is 5.44. The number of amides is 1. The largest absolute Gasteiger partial charge is 0.454 e. The molecule has 0 aromatic heterocycles. The number of hydrogen-bond donors (Lipinski definition) is 2. The summed E-state index contributed by atoms with van der Waals surface area (Å²) >= 11 is 0. The van der Waals surface area contributed by atoms with E-state index < -0.39 is 6.04 Å². The maximum Gasteiger partial charge on any atom is 0.237 e. The number of rotatable bonds is 7. The summed E-state index contributed by atoms with van der Waals surface area (Å²) in [7, 11) is 0. The summed E-state index contributed by atoms with van der Waals surface area (Å²) in [6.07, 6.45) is 3.53. The molecule has 1 amide bonds. The number of carbonyl (C=O) groups is 1. The molecule has 0 fully saturated rings. The van der Waals surface area contributed by atoms with Gasteiger partial charge in [0, 0.05) is 0 Å². The first-order valence-electron chi connectivity index (χ1n) is 7.61. The zero-order chi connectivity index (χ0) is 15.2. The van der Waals surface area contributed by atoms with Gasteiger partial charge in [0.25, 0.3) is 0 Å². The van der Waals surface area contributed by atoms with Gasteiger partial charge in [0.2, 0.25) is 12.7 Å². The lowest BCUT2D eigenvalue weighted by molar-refractivity contribution is -0.123. The van der Waals surface area contributed by atoms with Gasteiger partial charge >= 0.3 is 0 Å². The normalized spacial score (nSPS) is 15.6. The molecular weight excluding hydrogens is 268 g/mol. The number of fused-ring (bicyclic) bond motifs is 1. The predicted molar refractivity (Wildman–Crippen MR) is 81.2 cm³/mol. The van der Waals surface area contributed by atoms with Gasteiger partial charge in [0.1, 0.15) is 0 Å². The van der Waals surface area contributed by atoms with E-state index in [1.54, 1.807) is 0 Å². The summed E-state index contributed by atoms with van der Waals surface area (Å²) < 4.78 is 10.7. The van der Waals surface area contributed by atoms with Crippen LogP contribution >= 0.6 is 0 Å². The molecule has 1 aliphatic rings. The molecule has 0 saturated carbocycles. The SMILES string of the molecule is CCCCC(N)C(=O)NC(CC)c1ccc2c(c1)OCO2. The Morgan fingerprint density at radius 3 is 2.81 bits per heavy atom. The third kappa shape index (κ3) is 3.88. The van der Waals surface area contributed by atoms with Crippen molar-refractivity contribution in [2.75, 3.05) is 6.79 Å². The molecule has 0 spiro atoms. The summed E-state index contributed by atoms with van der Waals surface area (Å²) in [5.41, 5.74) is 6.93. The number of nitrogens with one attached hydrogen (secondary N) is 1. The Balaban J connectivity index is 2.01. The van der Waals surface area contributed by atoms with Crippen molar-refractivity contribution in [1.29, 1.82) is 0 Å². The van der Waals surface area contributed by atoms with Crippen molar-refractivity contribution < 1.29 is 14.3 Å². The molecule has 1 heterocycles. The average molecular weight is 292 g/mol. The standard InChI is InChI=1S/C16H24N2O3/c1-3-5-6-12(17)16(19)18-13(4-2)11-7-8-14-15(9-11)21-10-20-14/h7-9,12-13H,3-6,10,17H2,1-2H3,(H,18,19). The third-order valence-corrected chi connectivity index (χ3v) is 3.73. The fraction of sp³-hybridized carbons (Fsp3) is 0.562. The minimum Gasteiger partial charge on any atom is -0.454 e. The van der Waals surface area contributed by atoms with Crippen LogP contribution in [0.25, 0.3) is 0 Å². The van der Waals surface area contributed by atoms with Crippen LogP contribution in [0.4, 0.5) is 0 Å². The Bertz CT molecular complexity index is 490. The Labute approximate surface area is 125 Å². The topological polar surface area (TPSA) is 73.6 Å². The van der Waals surface area contributed by atoms with Gasteiger partial charge in [-0.2, -0.15) is 0 Å². The molecule has 21 heavy (non-hydrogen) atoms. The van der Waals surface area contributed by atoms with E-state index in [4.69, 9.17) is 15.2 Å². The molecule has 2 unspecified atom stereocenters. The molecule has 3 N–H and O–H groups in total. The first-order chi connectivity index (χ1) is 10.2. The van der Waals surface area contributed by atoms with E-state index in [2.05, 4.69) is 12.2 Å². The number of hydrogen-bond acceptors (Lipinski definition) is 4. The third-order valence-electron chi connectivity index (χ3n) is 3.73. The molecule has 0 aliphatic carbocycles. The van der Waals surface area contributed by atoms with Crippen LogP contribution in [0.5, 0.6) is 11.5 Å². The highest BCUT2D eigenvalue weighted by Gasteiger charge is 2.20. The minimum absolute atomic E-state index is 0.0559. The van der Waals surface area contributed by atoms with Gasteiger partial charge in [0.15, 0.2) is 11.5 Å². The Morgan fingerprint density at radius 2 is 2.10 bits per heavy atom. The zero-order valence-electron chi connectivity index (χ0n) is 12.7. The van der Waals surface area contributed by atoms with Crippen molar-refractivity contribution in [3.63, 3.8) is 0 Å². The highest BCUT2D eigenvalue weighted by molar-refractivity contribution is 5.81. The number of unbranched alkanes of at least 4 members (excludes halogenated alkanes) is 1. The Morgan fingerprint density at radius 1 is 1.33 bits per heavy atom. The van der Waals surface area contributed by atoms with E-state index in [0.29, 0.717) is 0 Å². The highest BCUT2D eigenvalue weighted by atomic mass is 16.7. The molecule has 5 heteroatoms. The van der Waals surface area contributed by atoms with Crippen LogP contribution in [0.1, 0.15) is 51.1 Å². The first kappa shape index (κ1) is 15.6. The summed E-state index contributed by atoms with van der Waals surface area (Å²) in [6, 6.07) is 5.27. The summed E-state index contributed by atoms with van der Waals surface area (Å²) in [5.74, 6) is 1.39. The molecule has 0 bridgehead atoms. The lowest BCUT2D eigenvalue weighted by Gasteiger charge is -2.20. The molecule has 1 aromatic carbocycles. The van der Waals surface area contributed by atoms with Crippen LogP contribution in [0.15, 0.2) is 18.2 Å². The number of benzene rings is 1. The fourth-order valence-electron chi connectivity index (χ4n) is 2.38. The van der Waals surface area contributed by atoms with Crippen molar-refractivity contribution in [1.82, 2.24) is 5.32 Å². The zero-order valence-corrected chi connectivity index (χ0v) is 12.7. The average Bonchev–Trinajstić information content (AvgIpc) is 2.97. The smallest absolute Gasteiger partial charge is 0.237 e. The summed E-state index contributed by atoms with van der Waals surface area (Å²) in [5, 5.41) is 3.02. The van der Waals surface area contributed by atoms with Gasteiger partial charge in [-0.15, -0.1) is 0 Å². The molecule has 0 saturated heterocycles. The van der Waals surface area contributed by atoms with Crippen LogP contribution in [-0.2, 0) is 4.79 Å². The second-order valence-corrected chi connectivity index (χ2v) is 5.33. The molecule has 2 atom stereocenters. The lowest BCUT2D eigenvalue weighted by Crippen LogP contribution is -2.42. The highest BCUT2D eigenvalue weighted by Crippen LogP contribution is 2.34. The van der Waals surface area contributed by atoms with Gasteiger partial charge in [0.05, 0.1) is 12.1 Å². The number of nitrogens with two attached hydrogens (primary N) is 1. The Hall–Kier alpha value is -1.75. The van der Waals surface area contributed by atoms with Crippen molar-refractivity contribution >= 4 is 5.91 Å². The molecule has 5 nitrogen and oxygen atoms in total. The van der Waals surface area contributed by atoms with E-state index >= 15 is 0 Å². The van der Waals surface area contributed by atoms with Crippen molar-refractivity contribution in [3.8, 4) is 11.5 Å². The first-order valence-corrected chi connectivity index (χ1v) is 7.61. The van der Waals surface area contributed by atoms with E-state index in [0.717, 1.165) is 42.7 Å². The van der Waals surface area contributed by atoms with Gasteiger partial charge in [-0.05, 0) is 30.5 Å². The molecule has 116 valence electrons. The number of ether oxygens (including phenoxy) is 2. The van der Waals surface area contributed by atoms with Crippen molar-refractivity contribution in [2.45, 2.75) is 51.6 Å². The summed E-state index contributed by atoms with van der Waals surface area (Å²) in [4.78, 5) is 12.1. The van der Waals surface area contributed by atoms with Crippen LogP contribution in [0.2, 0.25) is 0 Å². The molecule has 1 aromatic rings. The molecular formula is C16H24N2O3. The maximum atomic E-state index is 12.1. The van der Waals surface area contributed by atoms with E-state index in [-0.39, 0.29) is 18.7 Å². The quantitative estimate of drug-likeness (QED) is 0.810. The lowest BCUT2D eigenvalue weighted by atomic mass is 10.0. The van der Waals surface area contributed by atoms with Gasteiger partial charge in [-0.1, -0.05) is 32.8 Å². The van der Waals surface area contributed by atoms with E-state index in [1.165, 1.54) is 0 Å². The van der Waals surface area contributed by atoms with E-state index in [1.807, 2.05) is 25.1 Å². The van der Waals surface area contributed by atoms with Crippen LogP contribution in [0.3, 0.4) is 0 Å². The minimum atomic E-state index is -0.437.